The monoisotopic (exact) mass is 241 g/mol. The Labute approximate surface area is 93.8 Å². The zero-order valence-electron chi connectivity index (χ0n) is 8.62. The maximum absolute atomic E-state index is 11.2. The highest BCUT2D eigenvalue weighted by Crippen LogP contribution is 2.16. The van der Waals surface area contributed by atoms with E-state index in [1.807, 2.05) is 0 Å². The summed E-state index contributed by atoms with van der Waals surface area (Å²) in [5.41, 5.74) is 0.511. The van der Waals surface area contributed by atoms with Crippen molar-refractivity contribution in [3.63, 3.8) is 0 Å². The fourth-order valence-corrected chi connectivity index (χ4v) is 1.59. The summed E-state index contributed by atoms with van der Waals surface area (Å²) >= 11 is 0. The van der Waals surface area contributed by atoms with Crippen LogP contribution < -0.4 is 4.90 Å². The summed E-state index contributed by atoms with van der Waals surface area (Å²) in [4.78, 5) is 12.3. The van der Waals surface area contributed by atoms with Gasteiger partial charge < -0.3 is 4.90 Å². The largest absolute Gasteiger partial charge is 0.312 e. The van der Waals surface area contributed by atoms with E-state index in [2.05, 4.69) is 6.58 Å². The Kier molecular flexibility index (Phi) is 3.46. The lowest BCUT2D eigenvalue weighted by Gasteiger charge is -2.14. The molecule has 0 fully saturated rings. The summed E-state index contributed by atoms with van der Waals surface area (Å²) in [5.74, 6) is -0.306. The van der Waals surface area contributed by atoms with E-state index in [1.54, 1.807) is 0 Å². The smallest absolute Gasteiger partial charge is 0.294 e. The molecule has 0 radical (unpaired) electrons. The van der Waals surface area contributed by atoms with Gasteiger partial charge in [-0.25, -0.2) is 0 Å². The van der Waals surface area contributed by atoms with Crippen molar-refractivity contribution in [2.45, 2.75) is 4.90 Å². The van der Waals surface area contributed by atoms with Crippen molar-refractivity contribution in [2.75, 3.05) is 11.9 Å². The van der Waals surface area contributed by atoms with E-state index in [9.17, 15) is 13.2 Å². The fourth-order valence-electron chi connectivity index (χ4n) is 1.11. The molecule has 6 heteroatoms. The summed E-state index contributed by atoms with van der Waals surface area (Å²) in [7, 11) is -2.66. The maximum atomic E-state index is 11.2. The summed E-state index contributed by atoms with van der Waals surface area (Å²) in [6, 6.07) is 5.28. The van der Waals surface area contributed by atoms with E-state index in [-0.39, 0.29) is 10.8 Å². The lowest BCUT2D eigenvalue weighted by molar-refractivity contribution is -0.113. The second-order valence-electron chi connectivity index (χ2n) is 3.07. The van der Waals surface area contributed by atoms with Crippen LogP contribution in [0.4, 0.5) is 5.69 Å². The summed E-state index contributed by atoms with van der Waals surface area (Å²) < 4.78 is 30.3. The van der Waals surface area contributed by atoms with Crippen LogP contribution in [0.1, 0.15) is 0 Å². The summed E-state index contributed by atoms with van der Waals surface area (Å²) in [6.07, 6.45) is 1.15. The number of amides is 1. The molecule has 1 aromatic rings. The number of likely N-dealkylation sites (N-methyl/N-ethyl adjacent to an activating group) is 1. The Morgan fingerprint density at radius 1 is 1.38 bits per heavy atom. The molecule has 0 saturated carbocycles. The van der Waals surface area contributed by atoms with Crippen molar-refractivity contribution >= 4 is 21.7 Å². The van der Waals surface area contributed by atoms with Crippen LogP contribution in [0.5, 0.6) is 0 Å². The van der Waals surface area contributed by atoms with Crippen molar-refractivity contribution in [3.05, 3.63) is 36.9 Å². The van der Waals surface area contributed by atoms with Crippen LogP contribution in [0.15, 0.2) is 41.8 Å². The van der Waals surface area contributed by atoms with Crippen molar-refractivity contribution in [2.24, 2.45) is 0 Å². The van der Waals surface area contributed by atoms with Crippen LogP contribution in [0.2, 0.25) is 0 Å². The standard InChI is InChI=1S/C10H11NO4S/c1-3-10(12)11(2)8-4-6-9(7-5-8)16(13,14)15/h3-7H,1H2,2H3,(H,13,14,15). The number of anilines is 1. The molecule has 1 aromatic carbocycles. The van der Waals surface area contributed by atoms with Crippen molar-refractivity contribution in [1.82, 2.24) is 0 Å². The minimum absolute atomic E-state index is 0.212. The molecule has 0 unspecified atom stereocenters. The molecule has 0 spiro atoms. The van der Waals surface area contributed by atoms with Gasteiger partial charge in [-0.2, -0.15) is 8.42 Å². The van der Waals surface area contributed by atoms with Crippen LogP contribution in [0.25, 0.3) is 0 Å². The first-order valence-electron chi connectivity index (χ1n) is 4.34. The van der Waals surface area contributed by atoms with Gasteiger partial charge in [0, 0.05) is 12.7 Å². The van der Waals surface area contributed by atoms with Gasteiger partial charge >= 0.3 is 0 Å². The molecule has 0 heterocycles. The Morgan fingerprint density at radius 3 is 2.25 bits per heavy atom. The molecule has 0 aliphatic heterocycles. The van der Waals surface area contributed by atoms with Crippen LogP contribution in [0.3, 0.4) is 0 Å². The lowest BCUT2D eigenvalue weighted by Crippen LogP contribution is -2.23. The van der Waals surface area contributed by atoms with Gasteiger partial charge in [-0.3, -0.25) is 9.35 Å². The minimum atomic E-state index is -4.19. The molecule has 5 nitrogen and oxygen atoms in total. The van der Waals surface area contributed by atoms with Gasteiger partial charge in [0.05, 0.1) is 4.90 Å². The molecule has 0 aliphatic rings. The molecular formula is C10H11NO4S. The first-order chi connectivity index (χ1) is 7.36. The Balaban J connectivity index is 3.04. The number of hydrogen-bond acceptors (Lipinski definition) is 3. The van der Waals surface area contributed by atoms with E-state index in [0.717, 1.165) is 6.08 Å². The van der Waals surface area contributed by atoms with Gasteiger partial charge in [0.15, 0.2) is 0 Å². The Hall–Kier alpha value is -1.66. The quantitative estimate of drug-likeness (QED) is 0.634. The summed E-state index contributed by atoms with van der Waals surface area (Å²) in [5, 5.41) is 0. The number of carbonyl (C=O) groups excluding carboxylic acids is 1. The molecule has 0 aromatic heterocycles. The fraction of sp³-hybridized carbons (Fsp3) is 0.100. The van der Waals surface area contributed by atoms with E-state index in [0.29, 0.717) is 5.69 Å². The van der Waals surface area contributed by atoms with Gasteiger partial charge in [-0.15, -0.1) is 0 Å². The van der Waals surface area contributed by atoms with Crippen LogP contribution in [-0.4, -0.2) is 25.9 Å². The second-order valence-corrected chi connectivity index (χ2v) is 4.49. The first kappa shape index (κ1) is 12.4. The zero-order chi connectivity index (χ0) is 12.3. The van der Waals surface area contributed by atoms with E-state index >= 15 is 0 Å². The minimum Gasteiger partial charge on any atom is -0.312 e. The van der Waals surface area contributed by atoms with Crippen molar-refractivity contribution in [1.29, 1.82) is 0 Å². The highest BCUT2D eigenvalue weighted by Gasteiger charge is 2.11. The molecule has 1 rings (SSSR count). The Morgan fingerprint density at radius 2 is 1.88 bits per heavy atom. The number of rotatable bonds is 3. The topological polar surface area (TPSA) is 74.7 Å². The molecule has 0 bridgehead atoms. The predicted octanol–water partition coefficient (Wildman–Crippen LogP) is 1.08. The van der Waals surface area contributed by atoms with Gasteiger partial charge in [0.1, 0.15) is 0 Å². The van der Waals surface area contributed by atoms with Crippen LogP contribution in [0, 0.1) is 0 Å². The molecule has 86 valence electrons. The average molecular weight is 241 g/mol. The van der Waals surface area contributed by atoms with Gasteiger partial charge in [-0.05, 0) is 30.3 Å². The van der Waals surface area contributed by atoms with E-state index in [1.165, 1.54) is 36.2 Å². The zero-order valence-corrected chi connectivity index (χ0v) is 9.44. The highest BCUT2D eigenvalue weighted by molar-refractivity contribution is 7.85. The average Bonchev–Trinajstić information content (AvgIpc) is 2.26. The molecule has 1 N–H and O–H groups in total. The molecule has 1 amide bonds. The van der Waals surface area contributed by atoms with E-state index in [4.69, 9.17) is 4.55 Å². The first-order valence-corrected chi connectivity index (χ1v) is 5.78. The number of carbonyl (C=O) groups is 1. The van der Waals surface area contributed by atoms with E-state index < -0.39 is 10.1 Å². The van der Waals surface area contributed by atoms with Gasteiger partial charge in [-0.1, -0.05) is 6.58 Å². The predicted molar refractivity (Wildman–Crippen MR) is 59.9 cm³/mol. The van der Waals surface area contributed by atoms with Gasteiger partial charge in [0.25, 0.3) is 10.1 Å². The third-order valence-corrected chi connectivity index (χ3v) is 2.89. The van der Waals surface area contributed by atoms with Crippen LogP contribution >= 0.6 is 0 Å². The Bertz CT molecular complexity index is 504. The highest BCUT2D eigenvalue weighted by atomic mass is 32.2. The number of hydrogen-bond donors (Lipinski definition) is 1. The second kappa shape index (κ2) is 4.46. The van der Waals surface area contributed by atoms with Gasteiger partial charge in [0.2, 0.25) is 5.91 Å². The van der Waals surface area contributed by atoms with Crippen LogP contribution in [-0.2, 0) is 14.9 Å². The molecule has 0 aliphatic carbocycles. The SMILES string of the molecule is C=CC(=O)N(C)c1ccc(S(=O)(=O)O)cc1. The summed E-state index contributed by atoms with van der Waals surface area (Å²) in [6.45, 7) is 3.34. The molecular weight excluding hydrogens is 230 g/mol. The van der Waals surface area contributed by atoms with Crippen molar-refractivity contribution < 1.29 is 17.8 Å². The third kappa shape index (κ3) is 2.68. The number of benzene rings is 1. The lowest BCUT2D eigenvalue weighted by atomic mass is 10.3. The molecule has 0 saturated heterocycles. The maximum Gasteiger partial charge on any atom is 0.294 e. The normalized spacial score (nSPS) is 10.9. The molecule has 16 heavy (non-hydrogen) atoms. The third-order valence-electron chi connectivity index (χ3n) is 2.03. The number of nitrogens with zero attached hydrogens (tertiary/aromatic N) is 1. The van der Waals surface area contributed by atoms with Crippen molar-refractivity contribution in [3.8, 4) is 0 Å². The molecule has 0 atom stereocenters.